The highest BCUT2D eigenvalue weighted by atomic mass is 32.1. The predicted octanol–water partition coefficient (Wildman–Crippen LogP) is 5.51. The number of hydrogen-bond acceptors (Lipinski definition) is 5. The molecule has 3 heterocycles. The molecule has 1 atom stereocenters. The summed E-state index contributed by atoms with van der Waals surface area (Å²) >= 11 is 1.26. The van der Waals surface area contributed by atoms with Gasteiger partial charge in [0.1, 0.15) is 5.52 Å². The molecule has 0 unspecified atom stereocenters. The second kappa shape index (κ2) is 8.62. The summed E-state index contributed by atoms with van der Waals surface area (Å²) in [7, 11) is 0. The number of hydrogen-bond donors (Lipinski definition) is 1. The highest BCUT2D eigenvalue weighted by Gasteiger charge is 2.30. The largest absolute Gasteiger partial charge is 0.416 e. The normalized spacial score (nSPS) is 12.7. The number of amides is 1. The summed E-state index contributed by atoms with van der Waals surface area (Å²) in [4.78, 5) is 34.6. The van der Waals surface area contributed by atoms with Crippen molar-refractivity contribution in [2.75, 3.05) is 0 Å². The predicted molar refractivity (Wildman–Crippen MR) is 128 cm³/mol. The molecule has 10 heteroatoms. The van der Waals surface area contributed by atoms with Gasteiger partial charge in [0.05, 0.1) is 33.0 Å². The van der Waals surface area contributed by atoms with Crippen LogP contribution in [0.3, 0.4) is 0 Å². The molecule has 5 aromatic rings. The lowest BCUT2D eigenvalue weighted by Gasteiger charge is -2.15. The minimum atomic E-state index is -4.49. The summed E-state index contributed by atoms with van der Waals surface area (Å²) in [5, 5.41) is 3.51. The topological polar surface area (TPSA) is 76.9 Å². The Morgan fingerprint density at radius 3 is 2.51 bits per heavy atom. The third kappa shape index (κ3) is 4.17. The molecule has 0 bridgehead atoms. The number of nitrogens with one attached hydrogen (secondary N) is 1. The standard InChI is InChI=1S/C25H17F3N4O2S/c1-14(19-4-2-3-11-29-19)31-23(33)15-5-10-20-18(12-15)22-21(30-13-35-22)24(34)32(20)17-8-6-16(7-9-17)25(26,27)28/h2-14H,1H3,(H,31,33)/t14-/m0/s1. The van der Waals surface area contributed by atoms with Crippen molar-refractivity contribution < 1.29 is 18.0 Å². The van der Waals surface area contributed by atoms with Crippen LogP contribution in [0.15, 0.2) is 77.2 Å². The lowest BCUT2D eigenvalue weighted by atomic mass is 10.1. The van der Waals surface area contributed by atoms with Crippen molar-refractivity contribution in [1.82, 2.24) is 19.9 Å². The van der Waals surface area contributed by atoms with Crippen LogP contribution in [-0.2, 0) is 6.18 Å². The van der Waals surface area contributed by atoms with Crippen LogP contribution in [-0.4, -0.2) is 20.4 Å². The Hall–Kier alpha value is -4.05. The number of pyridine rings is 2. The third-order valence-corrected chi connectivity index (χ3v) is 6.51. The van der Waals surface area contributed by atoms with E-state index in [0.29, 0.717) is 26.9 Å². The molecule has 0 fully saturated rings. The van der Waals surface area contributed by atoms with Gasteiger partial charge in [-0.3, -0.25) is 19.1 Å². The first-order chi connectivity index (χ1) is 16.7. The van der Waals surface area contributed by atoms with Crippen molar-refractivity contribution in [1.29, 1.82) is 0 Å². The Balaban J connectivity index is 1.60. The van der Waals surface area contributed by atoms with Crippen LogP contribution in [0, 0.1) is 0 Å². The van der Waals surface area contributed by atoms with Crippen LogP contribution in [0.25, 0.3) is 26.8 Å². The molecule has 0 saturated heterocycles. The van der Waals surface area contributed by atoms with Gasteiger partial charge in [0, 0.05) is 22.8 Å². The Bertz CT molecular complexity index is 1610. The number of rotatable bonds is 4. The summed E-state index contributed by atoms with van der Waals surface area (Å²) in [6.45, 7) is 1.82. The molecule has 0 aliphatic heterocycles. The van der Waals surface area contributed by atoms with Crippen molar-refractivity contribution in [2.45, 2.75) is 19.1 Å². The lowest BCUT2D eigenvalue weighted by molar-refractivity contribution is -0.137. The number of carbonyl (C=O) groups excluding carboxylic acids is 1. The highest BCUT2D eigenvalue weighted by Crippen LogP contribution is 2.31. The molecule has 6 nitrogen and oxygen atoms in total. The minimum absolute atomic E-state index is 0.182. The number of fused-ring (bicyclic) bond motifs is 3. The van der Waals surface area contributed by atoms with Crippen molar-refractivity contribution >= 4 is 38.4 Å². The van der Waals surface area contributed by atoms with Crippen LogP contribution in [0.4, 0.5) is 13.2 Å². The SMILES string of the molecule is C[C@H](NC(=O)c1ccc2c(c1)c1scnc1c(=O)n2-c1ccc(C(F)(F)F)cc1)c1ccccn1. The van der Waals surface area contributed by atoms with Gasteiger partial charge in [-0.2, -0.15) is 13.2 Å². The zero-order valence-corrected chi connectivity index (χ0v) is 19.0. The lowest BCUT2D eigenvalue weighted by Crippen LogP contribution is -2.27. The van der Waals surface area contributed by atoms with E-state index < -0.39 is 17.3 Å². The van der Waals surface area contributed by atoms with E-state index in [1.54, 1.807) is 30.5 Å². The zero-order chi connectivity index (χ0) is 24.7. The van der Waals surface area contributed by atoms with Crippen LogP contribution in [0.1, 0.15) is 34.6 Å². The van der Waals surface area contributed by atoms with E-state index in [2.05, 4.69) is 15.3 Å². The van der Waals surface area contributed by atoms with Crippen molar-refractivity contribution in [3.8, 4) is 5.69 Å². The van der Waals surface area contributed by atoms with Crippen LogP contribution in [0.2, 0.25) is 0 Å². The smallest absolute Gasteiger partial charge is 0.344 e. The molecule has 0 aliphatic carbocycles. The number of benzene rings is 2. The molecule has 3 aromatic heterocycles. The summed E-state index contributed by atoms with van der Waals surface area (Å²) in [6, 6.07) is 14.3. The van der Waals surface area contributed by atoms with Gasteiger partial charge in [0.2, 0.25) is 0 Å². The third-order valence-electron chi connectivity index (χ3n) is 5.65. The number of thiazole rings is 1. The molecule has 1 N–H and O–H groups in total. The molecule has 0 spiro atoms. The number of aromatic nitrogens is 3. The van der Waals surface area contributed by atoms with Crippen molar-refractivity contribution in [2.24, 2.45) is 0 Å². The molecule has 0 saturated carbocycles. The maximum atomic E-state index is 13.2. The van der Waals surface area contributed by atoms with E-state index >= 15 is 0 Å². The average Bonchev–Trinajstić information content (AvgIpc) is 3.35. The Kier molecular flexibility index (Phi) is 5.60. The summed E-state index contributed by atoms with van der Waals surface area (Å²) < 4.78 is 41.0. The average molecular weight is 494 g/mol. The van der Waals surface area contributed by atoms with E-state index in [9.17, 15) is 22.8 Å². The van der Waals surface area contributed by atoms with E-state index in [1.165, 1.54) is 33.5 Å². The van der Waals surface area contributed by atoms with E-state index in [4.69, 9.17) is 0 Å². The molecule has 2 aromatic carbocycles. The van der Waals surface area contributed by atoms with E-state index in [-0.39, 0.29) is 23.2 Å². The second-order valence-electron chi connectivity index (χ2n) is 7.90. The molecular weight excluding hydrogens is 477 g/mol. The molecule has 0 aliphatic rings. The Morgan fingerprint density at radius 2 is 1.83 bits per heavy atom. The zero-order valence-electron chi connectivity index (χ0n) is 18.2. The summed E-state index contributed by atoms with van der Waals surface area (Å²) in [6.07, 6.45) is -2.84. The summed E-state index contributed by atoms with van der Waals surface area (Å²) in [5.41, 5.74) is 2.25. The number of nitrogens with zero attached hydrogens (tertiary/aromatic N) is 3. The first-order valence-electron chi connectivity index (χ1n) is 10.6. The van der Waals surface area contributed by atoms with Gasteiger partial charge in [-0.25, -0.2) is 4.98 Å². The minimum Gasteiger partial charge on any atom is -0.344 e. The molecule has 5 rings (SSSR count). The van der Waals surface area contributed by atoms with Gasteiger partial charge in [-0.1, -0.05) is 6.07 Å². The van der Waals surface area contributed by atoms with Crippen LogP contribution in [0.5, 0.6) is 0 Å². The molecule has 35 heavy (non-hydrogen) atoms. The molecule has 0 radical (unpaired) electrons. The van der Waals surface area contributed by atoms with Crippen molar-refractivity contribution in [3.05, 3.63) is 99.5 Å². The highest BCUT2D eigenvalue weighted by molar-refractivity contribution is 7.17. The number of halogens is 3. The number of alkyl halides is 3. The Morgan fingerprint density at radius 1 is 1.06 bits per heavy atom. The van der Waals surface area contributed by atoms with E-state index in [0.717, 1.165) is 12.1 Å². The fourth-order valence-electron chi connectivity index (χ4n) is 3.90. The maximum Gasteiger partial charge on any atom is 0.416 e. The quantitative estimate of drug-likeness (QED) is 0.358. The molecule has 1 amide bonds. The first kappa shape index (κ1) is 22.7. The number of carbonyl (C=O) groups is 1. The second-order valence-corrected chi connectivity index (χ2v) is 8.75. The summed E-state index contributed by atoms with van der Waals surface area (Å²) in [5.74, 6) is -0.324. The first-order valence-corrected chi connectivity index (χ1v) is 11.4. The van der Waals surface area contributed by atoms with Gasteiger partial charge < -0.3 is 5.32 Å². The van der Waals surface area contributed by atoms with Gasteiger partial charge in [-0.15, -0.1) is 11.3 Å². The van der Waals surface area contributed by atoms with Gasteiger partial charge in [0.15, 0.2) is 0 Å². The van der Waals surface area contributed by atoms with Crippen LogP contribution < -0.4 is 10.9 Å². The monoisotopic (exact) mass is 494 g/mol. The fourth-order valence-corrected chi connectivity index (χ4v) is 4.71. The molecule has 176 valence electrons. The molecular formula is C25H17F3N4O2S. The van der Waals surface area contributed by atoms with Crippen molar-refractivity contribution in [3.63, 3.8) is 0 Å². The maximum absolute atomic E-state index is 13.2. The fraction of sp³-hybridized carbons (Fsp3) is 0.120. The van der Waals surface area contributed by atoms with Gasteiger partial charge in [-0.05, 0) is 61.5 Å². The van der Waals surface area contributed by atoms with E-state index in [1.807, 2.05) is 19.1 Å². The van der Waals surface area contributed by atoms with Crippen LogP contribution >= 0.6 is 11.3 Å². The Labute approximate surface area is 200 Å². The van der Waals surface area contributed by atoms with Gasteiger partial charge in [0.25, 0.3) is 11.5 Å². The van der Waals surface area contributed by atoms with Gasteiger partial charge >= 0.3 is 6.18 Å².